The molecule has 0 amide bonds. The minimum absolute atomic E-state index is 0.419. The van der Waals surface area contributed by atoms with E-state index in [1.807, 2.05) is 0 Å². The molecule has 5 nitrogen and oxygen atoms in total. The topological polar surface area (TPSA) is 75.1 Å². The molecule has 1 heterocycles. The van der Waals surface area contributed by atoms with Crippen LogP contribution in [0, 0.1) is 0 Å². The van der Waals surface area contributed by atoms with Gasteiger partial charge in [0.05, 0.1) is 0 Å². The van der Waals surface area contributed by atoms with E-state index in [0.717, 1.165) is 0 Å². The Bertz CT molecular complexity index is 239. The highest BCUT2D eigenvalue weighted by molar-refractivity contribution is 5.90. The van der Waals surface area contributed by atoms with E-state index in [2.05, 4.69) is 14.8 Å². The molecule has 0 radical (unpaired) electrons. The summed E-state index contributed by atoms with van der Waals surface area (Å²) in [5.74, 6) is -0.419. The van der Waals surface area contributed by atoms with Crippen molar-refractivity contribution < 1.29 is 9.53 Å². The van der Waals surface area contributed by atoms with E-state index in [-0.39, 0.29) is 0 Å². The minimum Gasteiger partial charge on any atom is -0.449 e. The molecule has 0 saturated heterocycles. The van der Waals surface area contributed by atoms with Crippen LogP contribution in [0.2, 0.25) is 0 Å². The van der Waals surface area contributed by atoms with Crippen molar-refractivity contribution in [2.45, 2.75) is 13.2 Å². The standard InChI is InChI=1S/C5H5N3O2/c1-3-2-4(7-8-6)10-5(3)9/h2,4H,1H3. The van der Waals surface area contributed by atoms with Crippen LogP contribution in [-0.2, 0) is 9.53 Å². The van der Waals surface area contributed by atoms with Crippen LogP contribution in [0.25, 0.3) is 10.4 Å². The zero-order valence-electron chi connectivity index (χ0n) is 5.31. The molecule has 0 N–H and O–H groups in total. The highest BCUT2D eigenvalue weighted by atomic mass is 16.6. The Morgan fingerprint density at radius 3 is 3.00 bits per heavy atom. The monoisotopic (exact) mass is 139 g/mol. The first-order valence-corrected chi connectivity index (χ1v) is 2.67. The maximum atomic E-state index is 10.6. The number of nitrogens with zero attached hydrogens (tertiary/aromatic N) is 3. The van der Waals surface area contributed by atoms with Crippen molar-refractivity contribution in [3.63, 3.8) is 0 Å². The summed E-state index contributed by atoms with van der Waals surface area (Å²) >= 11 is 0. The number of carbonyl (C=O) groups is 1. The zero-order chi connectivity index (χ0) is 7.56. The molecule has 0 spiro atoms. The van der Waals surface area contributed by atoms with Crippen molar-refractivity contribution in [2.24, 2.45) is 5.11 Å². The summed E-state index contributed by atoms with van der Waals surface area (Å²) < 4.78 is 4.56. The van der Waals surface area contributed by atoms with Crippen molar-refractivity contribution in [1.29, 1.82) is 0 Å². The van der Waals surface area contributed by atoms with Crippen molar-refractivity contribution >= 4 is 5.97 Å². The highest BCUT2D eigenvalue weighted by Gasteiger charge is 2.20. The zero-order valence-corrected chi connectivity index (χ0v) is 5.31. The molecule has 10 heavy (non-hydrogen) atoms. The fraction of sp³-hybridized carbons (Fsp3) is 0.400. The maximum absolute atomic E-state index is 10.6. The van der Waals surface area contributed by atoms with Gasteiger partial charge < -0.3 is 4.74 Å². The lowest BCUT2D eigenvalue weighted by Crippen LogP contribution is -2.03. The van der Waals surface area contributed by atoms with Gasteiger partial charge in [-0.1, -0.05) is 0 Å². The molecular formula is C5H5N3O2. The number of cyclic esters (lactones) is 1. The van der Waals surface area contributed by atoms with Crippen molar-refractivity contribution in [3.05, 3.63) is 22.1 Å². The number of rotatable bonds is 1. The van der Waals surface area contributed by atoms with Gasteiger partial charge in [0, 0.05) is 10.5 Å². The molecular weight excluding hydrogens is 134 g/mol. The summed E-state index contributed by atoms with van der Waals surface area (Å²) in [5.41, 5.74) is 8.42. The lowest BCUT2D eigenvalue weighted by atomic mass is 10.3. The van der Waals surface area contributed by atoms with Crippen LogP contribution in [0.1, 0.15) is 6.92 Å². The number of azide groups is 1. The predicted molar refractivity (Wildman–Crippen MR) is 32.8 cm³/mol. The predicted octanol–water partition coefficient (Wildman–Crippen LogP) is 1.13. The molecule has 1 unspecified atom stereocenters. The number of carbonyl (C=O) groups excluding carboxylic acids is 1. The Hall–Kier alpha value is -1.48. The van der Waals surface area contributed by atoms with E-state index < -0.39 is 12.2 Å². The molecule has 0 saturated carbocycles. The van der Waals surface area contributed by atoms with E-state index in [1.54, 1.807) is 6.92 Å². The molecule has 0 aromatic heterocycles. The van der Waals surface area contributed by atoms with E-state index in [4.69, 9.17) is 5.53 Å². The second-order valence-corrected chi connectivity index (χ2v) is 1.85. The smallest absolute Gasteiger partial charge is 0.334 e. The Labute approximate surface area is 56.9 Å². The van der Waals surface area contributed by atoms with Crippen molar-refractivity contribution in [2.75, 3.05) is 0 Å². The van der Waals surface area contributed by atoms with Crippen LogP contribution >= 0.6 is 0 Å². The van der Waals surface area contributed by atoms with Crippen molar-refractivity contribution in [1.82, 2.24) is 0 Å². The van der Waals surface area contributed by atoms with Gasteiger partial charge in [-0.3, -0.25) is 0 Å². The fourth-order valence-corrected chi connectivity index (χ4v) is 0.626. The van der Waals surface area contributed by atoms with Crippen LogP contribution in [0.15, 0.2) is 16.8 Å². The molecule has 1 aliphatic heterocycles. The van der Waals surface area contributed by atoms with Gasteiger partial charge in [0.2, 0.25) is 0 Å². The third kappa shape index (κ3) is 1.09. The highest BCUT2D eigenvalue weighted by Crippen LogP contribution is 2.13. The van der Waals surface area contributed by atoms with Gasteiger partial charge in [-0.15, -0.1) is 0 Å². The number of hydrogen-bond acceptors (Lipinski definition) is 3. The average Bonchev–Trinajstić information content (AvgIpc) is 2.14. The molecule has 0 bridgehead atoms. The van der Waals surface area contributed by atoms with Gasteiger partial charge in [0.15, 0.2) is 6.23 Å². The largest absolute Gasteiger partial charge is 0.449 e. The normalized spacial score (nSPS) is 23.1. The summed E-state index contributed by atoms with van der Waals surface area (Å²) in [6, 6.07) is 0. The Morgan fingerprint density at radius 2 is 2.60 bits per heavy atom. The minimum atomic E-state index is -0.738. The molecule has 1 atom stereocenters. The second kappa shape index (κ2) is 2.41. The first-order valence-electron chi connectivity index (χ1n) is 2.67. The van der Waals surface area contributed by atoms with Crippen LogP contribution in [-0.4, -0.2) is 12.2 Å². The summed E-state index contributed by atoms with van der Waals surface area (Å²) in [6.07, 6.45) is 0.736. The van der Waals surface area contributed by atoms with E-state index in [9.17, 15) is 4.79 Å². The molecule has 5 heteroatoms. The van der Waals surface area contributed by atoms with Crippen LogP contribution in [0.3, 0.4) is 0 Å². The molecule has 1 aliphatic rings. The third-order valence-electron chi connectivity index (χ3n) is 1.11. The summed E-state index contributed by atoms with van der Waals surface area (Å²) in [6.45, 7) is 1.61. The summed E-state index contributed by atoms with van der Waals surface area (Å²) in [7, 11) is 0. The molecule has 0 aromatic carbocycles. The van der Waals surface area contributed by atoms with Crippen LogP contribution in [0.5, 0.6) is 0 Å². The lowest BCUT2D eigenvalue weighted by Gasteiger charge is -1.96. The SMILES string of the molecule is CC1=CC(N=[N+]=[N-])OC1=O. The van der Waals surface area contributed by atoms with E-state index >= 15 is 0 Å². The van der Waals surface area contributed by atoms with Crippen molar-refractivity contribution in [3.8, 4) is 0 Å². The summed E-state index contributed by atoms with van der Waals surface area (Å²) in [5, 5.41) is 3.19. The quantitative estimate of drug-likeness (QED) is 0.236. The number of ether oxygens (including phenoxy) is 1. The fourth-order valence-electron chi connectivity index (χ4n) is 0.626. The van der Waals surface area contributed by atoms with E-state index in [0.29, 0.717) is 5.57 Å². The summed E-state index contributed by atoms with van der Waals surface area (Å²) in [4.78, 5) is 13.1. The molecule has 52 valence electrons. The molecule has 0 aromatic rings. The molecule has 0 fully saturated rings. The average molecular weight is 139 g/mol. The van der Waals surface area contributed by atoms with Crippen LogP contribution in [0.4, 0.5) is 0 Å². The van der Waals surface area contributed by atoms with Gasteiger partial charge >= 0.3 is 5.97 Å². The van der Waals surface area contributed by atoms with Crippen LogP contribution < -0.4 is 0 Å². The number of hydrogen-bond donors (Lipinski definition) is 0. The Kier molecular flexibility index (Phi) is 1.60. The molecule has 1 rings (SSSR count). The van der Waals surface area contributed by atoms with Gasteiger partial charge in [-0.2, -0.15) is 0 Å². The number of esters is 1. The Balaban J connectivity index is 2.74. The molecule has 0 aliphatic carbocycles. The third-order valence-corrected chi connectivity index (χ3v) is 1.11. The Morgan fingerprint density at radius 1 is 1.90 bits per heavy atom. The van der Waals surface area contributed by atoms with Gasteiger partial charge in [-0.05, 0) is 23.6 Å². The van der Waals surface area contributed by atoms with Gasteiger partial charge in [-0.25, -0.2) is 4.79 Å². The maximum Gasteiger partial charge on any atom is 0.334 e. The first kappa shape index (κ1) is 6.64. The van der Waals surface area contributed by atoms with E-state index in [1.165, 1.54) is 6.08 Å². The second-order valence-electron chi connectivity index (χ2n) is 1.85. The first-order chi connectivity index (χ1) is 4.74. The van der Waals surface area contributed by atoms with Gasteiger partial charge in [0.1, 0.15) is 0 Å². The lowest BCUT2D eigenvalue weighted by molar-refractivity contribution is -0.139. The van der Waals surface area contributed by atoms with Gasteiger partial charge in [0.25, 0.3) is 0 Å².